The summed E-state index contributed by atoms with van der Waals surface area (Å²) < 4.78 is 13.8. The molecule has 3 heteroatoms. The molecule has 0 saturated heterocycles. The van der Waals surface area contributed by atoms with Gasteiger partial charge in [0.05, 0.1) is 0 Å². The Morgan fingerprint density at radius 1 is 1.35 bits per heavy atom. The van der Waals surface area contributed by atoms with Gasteiger partial charge in [0.15, 0.2) is 0 Å². The quantitative estimate of drug-likeness (QED) is 0.825. The normalized spacial score (nSPS) is 16.9. The molecule has 1 aliphatic carbocycles. The first-order valence-electron chi connectivity index (χ1n) is 7.74. The van der Waals surface area contributed by atoms with Crippen LogP contribution in [0.5, 0.6) is 0 Å². The Labute approximate surface area is 122 Å². The molecular formula is C17H27FN2. The number of nitrogens with zero attached hydrogens (tertiary/aromatic N) is 1. The van der Waals surface area contributed by atoms with Crippen molar-refractivity contribution in [3.8, 4) is 0 Å². The molecule has 1 aliphatic rings. The fourth-order valence-corrected chi connectivity index (χ4v) is 2.69. The summed E-state index contributed by atoms with van der Waals surface area (Å²) in [6, 6.07) is 6.35. The Morgan fingerprint density at radius 2 is 2.05 bits per heavy atom. The number of benzene rings is 1. The first-order chi connectivity index (χ1) is 9.52. The van der Waals surface area contributed by atoms with E-state index >= 15 is 0 Å². The minimum Gasteiger partial charge on any atom is -0.329 e. The molecule has 2 rings (SSSR count). The van der Waals surface area contributed by atoms with Gasteiger partial charge in [-0.2, -0.15) is 0 Å². The van der Waals surface area contributed by atoms with Gasteiger partial charge >= 0.3 is 0 Å². The van der Waals surface area contributed by atoms with E-state index in [1.54, 1.807) is 13.0 Å². The van der Waals surface area contributed by atoms with Gasteiger partial charge in [0, 0.05) is 18.6 Å². The molecule has 0 aromatic heterocycles. The van der Waals surface area contributed by atoms with Crippen molar-refractivity contribution in [2.75, 3.05) is 13.1 Å². The summed E-state index contributed by atoms with van der Waals surface area (Å²) in [5, 5.41) is 0. The summed E-state index contributed by atoms with van der Waals surface area (Å²) in [6.07, 6.45) is 3.67. The van der Waals surface area contributed by atoms with Gasteiger partial charge in [0.2, 0.25) is 0 Å². The van der Waals surface area contributed by atoms with Crippen molar-refractivity contribution >= 4 is 0 Å². The lowest BCUT2D eigenvalue weighted by Gasteiger charge is -2.32. The molecule has 1 saturated carbocycles. The van der Waals surface area contributed by atoms with Crippen LogP contribution in [0.15, 0.2) is 18.2 Å². The van der Waals surface area contributed by atoms with Crippen LogP contribution >= 0.6 is 0 Å². The number of rotatable bonds is 7. The zero-order chi connectivity index (χ0) is 14.7. The highest BCUT2D eigenvalue weighted by Gasteiger charge is 2.33. The lowest BCUT2D eigenvalue weighted by Crippen LogP contribution is -2.36. The van der Waals surface area contributed by atoms with E-state index in [4.69, 9.17) is 5.73 Å². The summed E-state index contributed by atoms with van der Waals surface area (Å²) in [6.45, 7) is 7.90. The second-order valence-electron chi connectivity index (χ2n) is 6.41. The lowest BCUT2D eigenvalue weighted by molar-refractivity contribution is 0.180. The number of hydrogen-bond acceptors (Lipinski definition) is 2. The van der Waals surface area contributed by atoms with E-state index < -0.39 is 0 Å². The number of aryl methyl sites for hydroxylation is 1. The monoisotopic (exact) mass is 278 g/mol. The van der Waals surface area contributed by atoms with E-state index in [0.717, 1.165) is 12.1 Å². The predicted molar refractivity (Wildman–Crippen MR) is 82.1 cm³/mol. The SMILES string of the molecule is Cc1ccc(C(CN)N(CCC(C)C)C2CC2)cc1F. The molecule has 112 valence electrons. The predicted octanol–water partition coefficient (Wildman–Crippen LogP) is 3.64. The third-order valence-electron chi connectivity index (χ3n) is 4.18. The van der Waals surface area contributed by atoms with Crippen LogP contribution in [0, 0.1) is 18.7 Å². The highest BCUT2D eigenvalue weighted by atomic mass is 19.1. The van der Waals surface area contributed by atoms with E-state index in [2.05, 4.69) is 18.7 Å². The van der Waals surface area contributed by atoms with Crippen LogP contribution in [0.1, 0.15) is 50.3 Å². The fourth-order valence-electron chi connectivity index (χ4n) is 2.69. The van der Waals surface area contributed by atoms with E-state index in [9.17, 15) is 4.39 Å². The summed E-state index contributed by atoms with van der Waals surface area (Å²) in [5.41, 5.74) is 7.72. The standard InChI is InChI=1S/C17H27FN2/c1-12(2)8-9-20(15-6-7-15)17(11-19)14-5-4-13(3)16(18)10-14/h4-5,10,12,15,17H,6-9,11,19H2,1-3H3. The Balaban J connectivity index is 2.16. The van der Waals surface area contributed by atoms with Gasteiger partial charge in [-0.05, 0) is 55.8 Å². The van der Waals surface area contributed by atoms with Gasteiger partial charge in [-0.25, -0.2) is 4.39 Å². The maximum atomic E-state index is 13.8. The average molecular weight is 278 g/mol. The molecule has 0 radical (unpaired) electrons. The number of nitrogens with two attached hydrogens (primary N) is 1. The summed E-state index contributed by atoms with van der Waals surface area (Å²) in [7, 11) is 0. The molecule has 0 spiro atoms. The lowest BCUT2D eigenvalue weighted by atomic mass is 10.0. The molecule has 2 nitrogen and oxygen atoms in total. The van der Waals surface area contributed by atoms with E-state index in [1.165, 1.54) is 19.3 Å². The van der Waals surface area contributed by atoms with Crippen LogP contribution < -0.4 is 5.73 Å². The molecular weight excluding hydrogens is 251 g/mol. The highest BCUT2D eigenvalue weighted by molar-refractivity contribution is 5.26. The largest absolute Gasteiger partial charge is 0.329 e. The third kappa shape index (κ3) is 3.80. The van der Waals surface area contributed by atoms with Crippen molar-refractivity contribution in [2.24, 2.45) is 11.7 Å². The van der Waals surface area contributed by atoms with Crippen molar-refractivity contribution in [1.82, 2.24) is 4.90 Å². The van der Waals surface area contributed by atoms with Crippen LogP contribution in [0.25, 0.3) is 0 Å². The van der Waals surface area contributed by atoms with Gasteiger partial charge in [-0.15, -0.1) is 0 Å². The molecule has 0 aliphatic heterocycles. The molecule has 1 atom stereocenters. The topological polar surface area (TPSA) is 29.3 Å². The van der Waals surface area contributed by atoms with Crippen molar-refractivity contribution in [3.63, 3.8) is 0 Å². The highest BCUT2D eigenvalue weighted by Crippen LogP contribution is 2.34. The maximum absolute atomic E-state index is 13.8. The summed E-state index contributed by atoms with van der Waals surface area (Å²) in [5.74, 6) is 0.560. The Hall–Kier alpha value is -0.930. The van der Waals surface area contributed by atoms with E-state index in [-0.39, 0.29) is 11.9 Å². The molecule has 20 heavy (non-hydrogen) atoms. The Kier molecular flexibility index (Phi) is 5.17. The molecule has 2 N–H and O–H groups in total. The summed E-state index contributed by atoms with van der Waals surface area (Å²) in [4.78, 5) is 2.49. The Morgan fingerprint density at radius 3 is 2.55 bits per heavy atom. The van der Waals surface area contributed by atoms with Gasteiger partial charge in [-0.3, -0.25) is 4.90 Å². The molecule has 1 unspecified atom stereocenters. The smallest absolute Gasteiger partial charge is 0.126 e. The number of halogens is 1. The zero-order valence-corrected chi connectivity index (χ0v) is 12.9. The van der Waals surface area contributed by atoms with Crippen LogP contribution in [-0.2, 0) is 0 Å². The van der Waals surface area contributed by atoms with Gasteiger partial charge in [0.25, 0.3) is 0 Å². The summed E-state index contributed by atoms with van der Waals surface area (Å²) >= 11 is 0. The van der Waals surface area contributed by atoms with Crippen LogP contribution in [-0.4, -0.2) is 24.0 Å². The molecule has 1 fully saturated rings. The molecule has 0 heterocycles. The molecule has 0 amide bonds. The second-order valence-corrected chi connectivity index (χ2v) is 6.41. The minimum atomic E-state index is -0.124. The van der Waals surface area contributed by atoms with Gasteiger partial charge in [0.1, 0.15) is 5.82 Å². The first-order valence-corrected chi connectivity index (χ1v) is 7.74. The molecule has 0 bridgehead atoms. The van der Waals surface area contributed by atoms with Crippen molar-refractivity contribution in [1.29, 1.82) is 0 Å². The van der Waals surface area contributed by atoms with Gasteiger partial charge in [-0.1, -0.05) is 26.0 Å². The zero-order valence-electron chi connectivity index (χ0n) is 12.9. The van der Waals surface area contributed by atoms with Crippen LogP contribution in [0.3, 0.4) is 0 Å². The first kappa shape index (κ1) is 15.5. The molecule has 1 aromatic rings. The van der Waals surface area contributed by atoms with Crippen LogP contribution in [0.4, 0.5) is 4.39 Å². The van der Waals surface area contributed by atoms with Crippen molar-refractivity contribution < 1.29 is 4.39 Å². The minimum absolute atomic E-state index is 0.124. The average Bonchev–Trinajstić information content (AvgIpc) is 3.22. The third-order valence-corrected chi connectivity index (χ3v) is 4.18. The van der Waals surface area contributed by atoms with E-state index in [0.29, 0.717) is 24.1 Å². The second kappa shape index (κ2) is 6.68. The Bertz CT molecular complexity index is 441. The maximum Gasteiger partial charge on any atom is 0.126 e. The fraction of sp³-hybridized carbons (Fsp3) is 0.647. The van der Waals surface area contributed by atoms with Crippen molar-refractivity contribution in [2.45, 2.75) is 52.1 Å². The molecule has 1 aromatic carbocycles. The van der Waals surface area contributed by atoms with Crippen LogP contribution in [0.2, 0.25) is 0 Å². The van der Waals surface area contributed by atoms with Crippen molar-refractivity contribution in [3.05, 3.63) is 35.1 Å². The number of hydrogen-bond donors (Lipinski definition) is 1. The van der Waals surface area contributed by atoms with E-state index in [1.807, 2.05) is 12.1 Å². The van der Waals surface area contributed by atoms with Gasteiger partial charge < -0.3 is 5.73 Å².